The molecular weight excluding hydrogens is 182 g/mol. The first-order chi connectivity index (χ1) is 7.36. The normalized spacial score (nSPS) is 13.4. The van der Waals surface area contributed by atoms with Gasteiger partial charge < -0.3 is 5.32 Å². The van der Waals surface area contributed by atoms with Gasteiger partial charge in [0.1, 0.15) is 0 Å². The average Bonchev–Trinajstić information content (AvgIpc) is 2.33. The number of nitrogens with one attached hydrogen (secondary N) is 1. The van der Waals surface area contributed by atoms with Gasteiger partial charge in [0.25, 0.3) is 0 Å². The number of benzene rings is 1. The molecule has 0 fully saturated rings. The lowest BCUT2D eigenvalue weighted by molar-refractivity contribution is 0.995. The maximum absolute atomic E-state index is 3.34. The molecule has 0 unspecified atom stereocenters. The third kappa shape index (κ3) is 3.28. The highest BCUT2D eigenvalue weighted by molar-refractivity contribution is 5.67. The van der Waals surface area contributed by atoms with Crippen LogP contribution in [0.25, 0.3) is 5.70 Å². The van der Waals surface area contributed by atoms with E-state index in [0.717, 1.165) is 6.54 Å². The fraction of sp³-hybridized carbons (Fsp3) is 0.286. The van der Waals surface area contributed by atoms with Gasteiger partial charge in [-0.15, -0.1) is 0 Å². The number of rotatable bonds is 1. The van der Waals surface area contributed by atoms with Gasteiger partial charge in [-0.05, 0) is 24.6 Å². The smallest absolute Gasteiger partial charge is 0.0416 e. The maximum atomic E-state index is 3.34. The molecule has 80 valence electrons. The van der Waals surface area contributed by atoms with Crippen LogP contribution in [0.5, 0.6) is 0 Å². The SMILES string of the molecule is CC.Cc1cccc(C2=CC=CCN2)c1. The summed E-state index contributed by atoms with van der Waals surface area (Å²) in [4.78, 5) is 0. The van der Waals surface area contributed by atoms with Crippen LogP contribution in [0.3, 0.4) is 0 Å². The molecule has 0 saturated carbocycles. The summed E-state index contributed by atoms with van der Waals surface area (Å²) in [6.45, 7) is 7.04. The molecule has 1 aliphatic heterocycles. The maximum Gasteiger partial charge on any atom is 0.0416 e. The molecule has 1 nitrogen and oxygen atoms in total. The fourth-order valence-electron chi connectivity index (χ4n) is 1.47. The van der Waals surface area contributed by atoms with E-state index >= 15 is 0 Å². The van der Waals surface area contributed by atoms with Crippen LogP contribution in [0, 0.1) is 6.92 Å². The van der Waals surface area contributed by atoms with Gasteiger partial charge in [0.2, 0.25) is 0 Å². The van der Waals surface area contributed by atoms with E-state index in [9.17, 15) is 0 Å². The lowest BCUT2D eigenvalue weighted by atomic mass is 10.1. The van der Waals surface area contributed by atoms with Crippen molar-refractivity contribution >= 4 is 5.70 Å². The summed E-state index contributed by atoms with van der Waals surface area (Å²) in [5.41, 5.74) is 3.78. The van der Waals surface area contributed by atoms with Crippen LogP contribution in [0.15, 0.2) is 42.5 Å². The van der Waals surface area contributed by atoms with E-state index in [1.54, 1.807) is 0 Å². The van der Waals surface area contributed by atoms with Gasteiger partial charge in [0.05, 0.1) is 0 Å². The van der Waals surface area contributed by atoms with Gasteiger partial charge in [-0.1, -0.05) is 49.8 Å². The van der Waals surface area contributed by atoms with Gasteiger partial charge in [-0.3, -0.25) is 0 Å². The van der Waals surface area contributed by atoms with Crippen LogP contribution >= 0.6 is 0 Å². The van der Waals surface area contributed by atoms with E-state index in [2.05, 4.69) is 54.7 Å². The van der Waals surface area contributed by atoms with Crippen LogP contribution in [0.2, 0.25) is 0 Å². The van der Waals surface area contributed by atoms with Crippen molar-refractivity contribution < 1.29 is 0 Å². The molecule has 0 bridgehead atoms. The van der Waals surface area contributed by atoms with E-state index in [0.29, 0.717) is 0 Å². The zero-order chi connectivity index (χ0) is 11.1. The third-order valence-electron chi connectivity index (χ3n) is 2.14. The zero-order valence-electron chi connectivity index (χ0n) is 9.75. The Morgan fingerprint density at radius 1 is 1.20 bits per heavy atom. The minimum Gasteiger partial charge on any atom is -0.381 e. The number of allylic oxidation sites excluding steroid dienone is 2. The molecule has 1 heterocycles. The van der Waals surface area contributed by atoms with Gasteiger partial charge in [0, 0.05) is 12.2 Å². The lowest BCUT2D eigenvalue weighted by Crippen LogP contribution is -2.14. The molecule has 1 heteroatoms. The summed E-state index contributed by atoms with van der Waals surface area (Å²) in [5.74, 6) is 0. The number of aryl methyl sites for hydroxylation is 1. The quantitative estimate of drug-likeness (QED) is 0.733. The van der Waals surface area contributed by atoms with Crippen molar-refractivity contribution in [2.75, 3.05) is 6.54 Å². The highest BCUT2D eigenvalue weighted by Gasteiger charge is 2.00. The Labute approximate surface area is 92.5 Å². The third-order valence-corrected chi connectivity index (χ3v) is 2.14. The van der Waals surface area contributed by atoms with Crippen molar-refractivity contribution in [2.45, 2.75) is 20.8 Å². The van der Waals surface area contributed by atoms with Crippen molar-refractivity contribution in [3.8, 4) is 0 Å². The van der Waals surface area contributed by atoms with Crippen LogP contribution in [0.4, 0.5) is 0 Å². The van der Waals surface area contributed by atoms with Crippen molar-refractivity contribution in [2.24, 2.45) is 0 Å². The highest BCUT2D eigenvalue weighted by atomic mass is 14.9. The molecular formula is C14H19N. The minimum atomic E-state index is 0.930. The predicted octanol–water partition coefficient (Wildman–Crippen LogP) is 3.52. The second-order valence-electron chi connectivity index (χ2n) is 3.26. The average molecular weight is 201 g/mol. The molecule has 2 rings (SSSR count). The second kappa shape index (κ2) is 6.07. The topological polar surface area (TPSA) is 12.0 Å². The standard InChI is InChI=1S/C12H13N.C2H6/c1-10-5-4-6-11(9-10)12-7-2-3-8-13-12;1-2/h2-7,9,13H,8H2,1H3;1-2H3. The predicted molar refractivity (Wildman–Crippen MR) is 67.6 cm³/mol. The van der Waals surface area contributed by atoms with Crippen molar-refractivity contribution in [3.63, 3.8) is 0 Å². The minimum absolute atomic E-state index is 0.930. The zero-order valence-corrected chi connectivity index (χ0v) is 9.75. The monoisotopic (exact) mass is 201 g/mol. The van der Waals surface area contributed by atoms with Crippen LogP contribution in [0.1, 0.15) is 25.0 Å². The summed E-state index contributed by atoms with van der Waals surface area (Å²) in [5, 5.41) is 3.34. The molecule has 0 aliphatic carbocycles. The van der Waals surface area contributed by atoms with E-state index < -0.39 is 0 Å². The number of dihydropyridines is 1. The largest absolute Gasteiger partial charge is 0.381 e. The van der Waals surface area contributed by atoms with Crippen molar-refractivity contribution in [1.29, 1.82) is 0 Å². The molecule has 1 aliphatic rings. The lowest BCUT2D eigenvalue weighted by Gasteiger charge is -2.12. The molecule has 1 aromatic rings. The Morgan fingerprint density at radius 2 is 2.00 bits per heavy atom. The Bertz CT molecular complexity index is 361. The van der Waals surface area contributed by atoms with Gasteiger partial charge in [-0.2, -0.15) is 0 Å². The molecule has 0 atom stereocenters. The Balaban J connectivity index is 0.000000531. The van der Waals surface area contributed by atoms with Gasteiger partial charge in [-0.25, -0.2) is 0 Å². The molecule has 1 N–H and O–H groups in total. The highest BCUT2D eigenvalue weighted by Crippen LogP contribution is 2.14. The first-order valence-corrected chi connectivity index (χ1v) is 5.54. The van der Waals surface area contributed by atoms with E-state index in [4.69, 9.17) is 0 Å². The number of hydrogen-bond donors (Lipinski definition) is 1. The van der Waals surface area contributed by atoms with Crippen LogP contribution in [-0.2, 0) is 0 Å². The Hall–Kier alpha value is -1.50. The van der Waals surface area contributed by atoms with Crippen molar-refractivity contribution in [3.05, 3.63) is 53.6 Å². The van der Waals surface area contributed by atoms with Gasteiger partial charge in [0.15, 0.2) is 0 Å². The summed E-state index contributed by atoms with van der Waals surface area (Å²) in [6.07, 6.45) is 6.31. The molecule has 0 radical (unpaired) electrons. The van der Waals surface area contributed by atoms with Gasteiger partial charge >= 0.3 is 0 Å². The first-order valence-electron chi connectivity index (χ1n) is 5.54. The summed E-state index contributed by atoms with van der Waals surface area (Å²) in [6, 6.07) is 8.53. The molecule has 1 aromatic carbocycles. The Morgan fingerprint density at radius 3 is 2.60 bits per heavy atom. The van der Waals surface area contributed by atoms with E-state index in [1.165, 1.54) is 16.8 Å². The van der Waals surface area contributed by atoms with Crippen molar-refractivity contribution in [1.82, 2.24) is 5.32 Å². The molecule has 0 spiro atoms. The van der Waals surface area contributed by atoms with E-state index in [1.807, 2.05) is 13.8 Å². The number of hydrogen-bond acceptors (Lipinski definition) is 1. The summed E-state index contributed by atoms with van der Waals surface area (Å²) in [7, 11) is 0. The second-order valence-corrected chi connectivity index (χ2v) is 3.26. The van der Waals surface area contributed by atoms with Crippen LogP contribution < -0.4 is 5.32 Å². The summed E-state index contributed by atoms with van der Waals surface area (Å²) >= 11 is 0. The first kappa shape index (κ1) is 11.6. The summed E-state index contributed by atoms with van der Waals surface area (Å²) < 4.78 is 0. The van der Waals surface area contributed by atoms with Crippen LogP contribution in [-0.4, -0.2) is 6.54 Å². The molecule has 15 heavy (non-hydrogen) atoms. The molecule has 0 aromatic heterocycles. The molecule has 0 amide bonds. The fourth-order valence-corrected chi connectivity index (χ4v) is 1.47. The molecule has 0 saturated heterocycles. The van der Waals surface area contributed by atoms with E-state index in [-0.39, 0.29) is 0 Å². The Kier molecular flexibility index (Phi) is 4.69.